The number of thiophene rings is 1. The van der Waals surface area contributed by atoms with Crippen LogP contribution in [0.15, 0.2) is 22.8 Å². The molecule has 4 aromatic heterocycles. The van der Waals surface area contributed by atoms with Crippen LogP contribution in [0.5, 0.6) is 0 Å². The molecule has 0 fully saturated rings. The maximum Gasteiger partial charge on any atom is 0.205 e. The smallest absolute Gasteiger partial charge is 0.205 e. The molecule has 0 aliphatic carbocycles. The van der Waals surface area contributed by atoms with E-state index in [9.17, 15) is 0 Å². The van der Waals surface area contributed by atoms with E-state index in [4.69, 9.17) is 4.42 Å². The van der Waals surface area contributed by atoms with E-state index in [2.05, 4.69) is 29.0 Å². The molecular formula is C14H12N4OS. The molecule has 4 aromatic rings. The zero-order chi connectivity index (χ0) is 13.9. The third-order valence-electron chi connectivity index (χ3n) is 3.58. The fraction of sp³-hybridized carbons (Fsp3) is 0.214. The Bertz CT molecular complexity index is 933. The summed E-state index contributed by atoms with van der Waals surface area (Å²) in [6.07, 6.45) is 1.64. The van der Waals surface area contributed by atoms with Gasteiger partial charge in [-0.1, -0.05) is 0 Å². The first kappa shape index (κ1) is 11.6. The third-order valence-corrected chi connectivity index (χ3v) is 4.68. The molecule has 0 bridgehead atoms. The van der Waals surface area contributed by atoms with Crippen molar-refractivity contribution in [3.05, 3.63) is 34.7 Å². The summed E-state index contributed by atoms with van der Waals surface area (Å²) in [5, 5.41) is 9.73. The maximum atomic E-state index is 5.44. The third kappa shape index (κ3) is 1.39. The van der Waals surface area contributed by atoms with Crippen LogP contribution in [0.2, 0.25) is 0 Å². The molecule has 20 heavy (non-hydrogen) atoms. The number of hydrogen-bond acceptors (Lipinski definition) is 5. The summed E-state index contributed by atoms with van der Waals surface area (Å²) < 4.78 is 7.40. The summed E-state index contributed by atoms with van der Waals surface area (Å²) in [7, 11) is 0. The van der Waals surface area contributed by atoms with Crippen LogP contribution in [0.25, 0.3) is 27.4 Å². The fourth-order valence-corrected chi connectivity index (χ4v) is 3.54. The van der Waals surface area contributed by atoms with Gasteiger partial charge in [0.25, 0.3) is 0 Å². The lowest BCUT2D eigenvalue weighted by Gasteiger charge is -2.02. The minimum Gasteiger partial charge on any atom is -0.461 e. The Kier molecular flexibility index (Phi) is 2.26. The summed E-state index contributed by atoms with van der Waals surface area (Å²) in [6.45, 7) is 6.18. The van der Waals surface area contributed by atoms with Gasteiger partial charge in [-0.2, -0.15) is 0 Å². The Balaban J connectivity index is 2.19. The molecule has 0 saturated carbocycles. The highest BCUT2D eigenvalue weighted by atomic mass is 32.1. The van der Waals surface area contributed by atoms with Gasteiger partial charge in [0.2, 0.25) is 5.82 Å². The highest BCUT2D eigenvalue weighted by molar-refractivity contribution is 7.18. The minimum atomic E-state index is 0.695. The van der Waals surface area contributed by atoms with E-state index >= 15 is 0 Å². The number of fused-ring (bicyclic) bond motifs is 3. The molecule has 0 aromatic carbocycles. The van der Waals surface area contributed by atoms with E-state index in [1.54, 1.807) is 17.6 Å². The van der Waals surface area contributed by atoms with Crippen molar-refractivity contribution in [2.75, 3.05) is 0 Å². The molecule has 4 rings (SSSR count). The Labute approximate surface area is 118 Å². The van der Waals surface area contributed by atoms with E-state index < -0.39 is 0 Å². The Morgan fingerprint density at radius 1 is 1.20 bits per heavy atom. The number of nitrogens with zero attached hydrogens (tertiary/aromatic N) is 4. The van der Waals surface area contributed by atoms with Crippen LogP contribution in [0.4, 0.5) is 0 Å². The molecule has 0 amide bonds. The first-order valence-corrected chi connectivity index (χ1v) is 7.14. The Hall–Kier alpha value is -2.21. The molecule has 0 radical (unpaired) electrons. The number of aromatic nitrogens is 4. The second-order valence-electron chi connectivity index (χ2n) is 4.78. The zero-order valence-corrected chi connectivity index (χ0v) is 12.2. The van der Waals surface area contributed by atoms with Crippen LogP contribution >= 0.6 is 11.3 Å². The Morgan fingerprint density at radius 2 is 2.05 bits per heavy atom. The SMILES string of the molecule is Cc1sc2nc(C)n3c(-c4ccco4)nnc3c2c1C. The zero-order valence-electron chi connectivity index (χ0n) is 11.3. The average Bonchev–Trinajstić information content (AvgIpc) is 3.10. The van der Waals surface area contributed by atoms with Gasteiger partial charge in [-0.15, -0.1) is 21.5 Å². The monoisotopic (exact) mass is 284 g/mol. The molecule has 5 nitrogen and oxygen atoms in total. The Morgan fingerprint density at radius 3 is 2.80 bits per heavy atom. The molecule has 0 aliphatic rings. The highest BCUT2D eigenvalue weighted by Crippen LogP contribution is 2.33. The van der Waals surface area contributed by atoms with Crippen LogP contribution < -0.4 is 0 Å². The lowest BCUT2D eigenvalue weighted by molar-refractivity contribution is 0.576. The number of rotatable bonds is 1. The quantitative estimate of drug-likeness (QED) is 0.536. The van der Waals surface area contributed by atoms with Crippen molar-refractivity contribution in [1.29, 1.82) is 0 Å². The summed E-state index contributed by atoms with van der Waals surface area (Å²) in [6, 6.07) is 3.73. The summed E-state index contributed by atoms with van der Waals surface area (Å²) >= 11 is 1.70. The van der Waals surface area contributed by atoms with Crippen LogP contribution in [-0.4, -0.2) is 19.6 Å². The van der Waals surface area contributed by atoms with E-state index in [1.807, 2.05) is 23.5 Å². The first-order valence-electron chi connectivity index (χ1n) is 6.32. The molecule has 0 aliphatic heterocycles. The van der Waals surface area contributed by atoms with Gasteiger partial charge >= 0.3 is 0 Å². The van der Waals surface area contributed by atoms with Crippen molar-refractivity contribution >= 4 is 27.2 Å². The minimum absolute atomic E-state index is 0.695. The van der Waals surface area contributed by atoms with Crippen molar-refractivity contribution in [2.24, 2.45) is 0 Å². The summed E-state index contributed by atoms with van der Waals surface area (Å²) in [5.74, 6) is 2.26. The van der Waals surface area contributed by atoms with E-state index in [0.717, 1.165) is 21.7 Å². The van der Waals surface area contributed by atoms with Crippen molar-refractivity contribution in [3.63, 3.8) is 0 Å². The molecule has 0 saturated heterocycles. The fourth-order valence-electron chi connectivity index (χ4n) is 2.47. The van der Waals surface area contributed by atoms with Gasteiger partial charge in [0.05, 0.1) is 11.6 Å². The predicted molar refractivity (Wildman–Crippen MR) is 78.1 cm³/mol. The summed E-state index contributed by atoms with van der Waals surface area (Å²) in [5.41, 5.74) is 2.07. The normalized spacial score (nSPS) is 11.8. The van der Waals surface area contributed by atoms with E-state index in [0.29, 0.717) is 11.6 Å². The second kappa shape index (κ2) is 3.89. The predicted octanol–water partition coefficient (Wildman–Crippen LogP) is 3.52. The lowest BCUT2D eigenvalue weighted by Crippen LogP contribution is -1.97. The van der Waals surface area contributed by atoms with Gasteiger partial charge in [-0.05, 0) is 38.5 Å². The number of furan rings is 1. The highest BCUT2D eigenvalue weighted by Gasteiger charge is 2.19. The summed E-state index contributed by atoms with van der Waals surface area (Å²) in [4.78, 5) is 6.97. The second-order valence-corrected chi connectivity index (χ2v) is 5.99. The maximum absolute atomic E-state index is 5.44. The molecule has 6 heteroatoms. The van der Waals surface area contributed by atoms with Crippen LogP contribution in [0.3, 0.4) is 0 Å². The average molecular weight is 284 g/mol. The van der Waals surface area contributed by atoms with Crippen molar-refractivity contribution < 1.29 is 4.42 Å². The van der Waals surface area contributed by atoms with Crippen LogP contribution in [-0.2, 0) is 0 Å². The standard InChI is InChI=1S/C14H12N4OS/c1-7-8(2)20-14-11(7)13-17-16-12(10-5-4-6-19-10)18(13)9(3)15-14/h4-6H,1-3H3. The van der Waals surface area contributed by atoms with Crippen LogP contribution in [0.1, 0.15) is 16.3 Å². The number of aryl methyl sites for hydroxylation is 3. The van der Waals surface area contributed by atoms with Crippen molar-refractivity contribution in [1.82, 2.24) is 19.6 Å². The van der Waals surface area contributed by atoms with Crippen LogP contribution in [0, 0.1) is 20.8 Å². The molecular weight excluding hydrogens is 272 g/mol. The van der Waals surface area contributed by atoms with Gasteiger partial charge in [-0.3, -0.25) is 4.40 Å². The van der Waals surface area contributed by atoms with E-state index in [1.165, 1.54) is 10.4 Å². The van der Waals surface area contributed by atoms with Gasteiger partial charge in [0, 0.05) is 4.88 Å². The molecule has 4 heterocycles. The lowest BCUT2D eigenvalue weighted by atomic mass is 10.2. The van der Waals surface area contributed by atoms with Crippen molar-refractivity contribution in [3.8, 4) is 11.6 Å². The topological polar surface area (TPSA) is 56.2 Å². The molecule has 0 spiro atoms. The molecule has 0 N–H and O–H groups in total. The molecule has 0 unspecified atom stereocenters. The molecule has 0 atom stereocenters. The number of hydrogen-bond donors (Lipinski definition) is 0. The van der Waals surface area contributed by atoms with Crippen molar-refractivity contribution in [2.45, 2.75) is 20.8 Å². The molecule has 100 valence electrons. The first-order chi connectivity index (χ1) is 9.66. The largest absolute Gasteiger partial charge is 0.461 e. The van der Waals surface area contributed by atoms with Gasteiger partial charge in [0.1, 0.15) is 10.7 Å². The van der Waals surface area contributed by atoms with Gasteiger partial charge in [0.15, 0.2) is 11.4 Å². The van der Waals surface area contributed by atoms with E-state index in [-0.39, 0.29) is 0 Å². The van der Waals surface area contributed by atoms with Gasteiger partial charge in [-0.25, -0.2) is 4.98 Å². The van der Waals surface area contributed by atoms with Gasteiger partial charge < -0.3 is 4.42 Å².